The molecule has 1 aliphatic heterocycles. The number of halogens is 1. The van der Waals surface area contributed by atoms with Gasteiger partial charge in [0.25, 0.3) is 0 Å². The highest BCUT2D eigenvalue weighted by Gasteiger charge is 2.21. The van der Waals surface area contributed by atoms with Crippen LogP contribution in [0, 0.1) is 11.7 Å². The van der Waals surface area contributed by atoms with E-state index >= 15 is 0 Å². The Kier molecular flexibility index (Phi) is 4.46. The molecule has 0 fully saturated rings. The van der Waals surface area contributed by atoms with Gasteiger partial charge in [-0.15, -0.1) is 11.8 Å². The molecule has 0 aromatic heterocycles. The predicted molar refractivity (Wildman–Crippen MR) is 71.9 cm³/mol. The molecule has 0 saturated carbocycles. The number of thioether (sulfide) groups is 1. The van der Waals surface area contributed by atoms with Gasteiger partial charge in [-0.25, -0.2) is 4.39 Å². The molecular formula is C14H20FNS. The van der Waals surface area contributed by atoms with Crippen molar-refractivity contribution < 1.29 is 4.39 Å². The number of benzene rings is 1. The van der Waals surface area contributed by atoms with Crippen molar-refractivity contribution in [1.82, 2.24) is 5.32 Å². The van der Waals surface area contributed by atoms with Crippen molar-refractivity contribution in [2.24, 2.45) is 5.92 Å². The lowest BCUT2D eigenvalue weighted by atomic mass is 10.0. The summed E-state index contributed by atoms with van der Waals surface area (Å²) in [4.78, 5) is 1.24. The van der Waals surface area contributed by atoms with Gasteiger partial charge in [0.05, 0.1) is 0 Å². The zero-order chi connectivity index (χ0) is 12.3. The van der Waals surface area contributed by atoms with E-state index in [1.807, 2.05) is 17.8 Å². The first kappa shape index (κ1) is 12.9. The van der Waals surface area contributed by atoms with Gasteiger partial charge in [0.2, 0.25) is 0 Å². The van der Waals surface area contributed by atoms with Crippen LogP contribution in [0.2, 0.25) is 0 Å². The van der Waals surface area contributed by atoms with Crippen LogP contribution in [0.1, 0.15) is 38.3 Å². The average Bonchev–Trinajstić information content (AvgIpc) is 2.35. The maximum atomic E-state index is 13.3. The number of rotatable bonds is 4. The van der Waals surface area contributed by atoms with Crippen molar-refractivity contribution >= 4 is 11.8 Å². The van der Waals surface area contributed by atoms with Crippen LogP contribution in [0.5, 0.6) is 0 Å². The molecule has 2 unspecified atom stereocenters. The summed E-state index contributed by atoms with van der Waals surface area (Å²) < 4.78 is 13.3. The van der Waals surface area contributed by atoms with Crippen LogP contribution in [-0.2, 0) is 0 Å². The molecule has 1 aromatic rings. The standard InChI is InChI=1S/C14H20FNS/c1-3-10(2)9-16-13-6-7-17-14-5-4-11(15)8-12(13)14/h4-5,8,10,13,16H,3,6-7,9H2,1-2H3. The van der Waals surface area contributed by atoms with E-state index in [1.165, 1.54) is 11.3 Å². The highest BCUT2D eigenvalue weighted by atomic mass is 32.2. The van der Waals surface area contributed by atoms with Gasteiger partial charge in [-0.3, -0.25) is 0 Å². The van der Waals surface area contributed by atoms with Crippen LogP contribution in [0.4, 0.5) is 4.39 Å². The summed E-state index contributed by atoms with van der Waals surface area (Å²) in [5, 5.41) is 3.58. The molecule has 17 heavy (non-hydrogen) atoms. The predicted octanol–water partition coefficient (Wildman–Crippen LogP) is 4.00. The van der Waals surface area contributed by atoms with Crippen LogP contribution in [0.3, 0.4) is 0 Å². The molecule has 94 valence electrons. The van der Waals surface area contributed by atoms with Gasteiger partial charge in [-0.1, -0.05) is 20.3 Å². The summed E-state index contributed by atoms with van der Waals surface area (Å²) in [7, 11) is 0. The number of fused-ring (bicyclic) bond motifs is 1. The topological polar surface area (TPSA) is 12.0 Å². The fourth-order valence-corrected chi connectivity index (χ4v) is 3.17. The zero-order valence-electron chi connectivity index (χ0n) is 10.5. The molecule has 2 atom stereocenters. The van der Waals surface area contributed by atoms with Gasteiger partial charge in [0, 0.05) is 10.9 Å². The largest absolute Gasteiger partial charge is 0.310 e. The molecule has 1 aliphatic rings. The summed E-state index contributed by atoms with van der Waals surface area (Å²) in [6, 6.07) is 5.49. The van der Waals surface area contributed by atoms with E-state index in [2.05, 4.69) is 19.2 Å². The third-order valence-corrected chi connectivity index (χ3v) is 4.54. The Balaban J connectivity index is 2.08. The van der Waals surface area contributed by atoms with Gasteiger partial charge >= 0.3 is 0 Å². The summed E-state index contributed by atoms with van der Waals surface area (Å²) in [6.07, 6.45) is 2.28. The number of hydrogen-bond donors (Lipinski definition) is 1. The van der Waals surface area contributed by atoms with Crippen molar-refractivity contribution in [3.8, 4) is 0 Å². The third kappa shape index (κ3) is 3.23. The molecule has 0 bridgehead atoms. The van der Waals surface area contributed by atoms with Gasteiger partial charge < -0.3 is 5.32 Å². The Hall–Kier alpha value is -0.540. The van der Waals surface area contributed by atoms with Crippen LogP contribution < -0.4 is 5.32 Å². The molecule has 1 aromatic carbocycles. The minimum absolute atomic E-state index is 0.124. The first-order valence-corrected chi connectivity index (χ1v) is 7.35. The first-order valence-electron chi connectivity index (χ1n) is 6.36. The molecule has 0 aliphatic carbocycles. The molecule has 1 N–H and O–H groups in total. The van der Waals surface area contributed by atoms with E-state index in [0.29, 0.717) is 12.0 Å². The normalized spacial score (nSPS) is 21.0. The van der Waals surface area contributed by atoms with E-state index in [-0.39, 0.29) is 5.82 Å². The molecule has 3 heteroatoms. The molecule has 0 saturated heterocycles. The van der Waals surface area contributed by atoms with Crippen molar-refractivity contribution in [2.75, 3.05) is 12.3 Å². The van der Waals surface area contributed by atoms with Gasteiger partial charge in [0.15, 0.2) is 0 Å². The Morgan fingerprint density at radius 1 is 1.53 bits per heavy atom. The van der Waals surface area contributed by atoms with E-state index in [4.69, 9.17) is 0 Å². The molecule has 0 spiro atoms. The van der Waals surface area contributed by atoms with Crippen LogP contribution >= 0.6 is 11.8 Å². The minimum Gasteiger partial charge on any atom is -0.310 e. The Morgan fingerprint density at radius 3 is 3.12 bits per heavy atom. The second kappa shape index (κ2) is 5.87. The third-order valence-electron chi connectivity index (χ3n) is 3.42. The quantitative estimate of drug-likeness (QED) is 0.870. The zero-order valence-corrected chi connectivity index (χ0v) is 11.3. The molecule has 2 rings (SSSR count). The fourth-order valence-electron chi connectivity index (χ4n) is 2.07. The monoisotopic (exact) mass is 253 g/mol. The second-order valence-corrected chi connectivity index (χ2v) is 5.93. The smallest absolute Gasteiger partial charge is 0.123 e. The maximum absolute atomic E-state index is 13.3. The van der Waals surface area contributed by atoms with Gasteiger partial charge in [0.1, 0.15) is 5.82 Å². The van der Waals surface area contributed by atoms with Crippen molar-refractivity contribution in [2.45, 2.75) is 37.6 Å². The van der Waals surface area contributed by atoms with Crippen LogP contribution in [0.15, 0.2) is 23.1 Å². The first-order chi connectivity index (χ1) is 8.20. The van der Waals surface area contributed by atoms with Crippen molar-refractivity contribution in [1.29, 1.82) is 0 Å². The van der Waals surface area contributed by atoms with E-state index < -0.39 is 0 Å². The SMILES string of the molecule is CCC(C)CNC1CCSc2ccc(F)cc21. The summed E-state index contributed by atoms with van der Waals surface area (Å²) in [5.41, 5.74) is 1.14. The summed E-state index contributed by atoms with van der Waals surface area (Å²) in [5.74, 6) is 1.68. The summed E-state index contributed by atoms with van der Waals surface area (Å²) in [6.45, 7) is 5.47. The lowest BCUT2D eigenvalue weighted by Crippen LogP contribution is -2.28. The van der Waals surface area contributed by atoms with E-state index in [9.17, 15) is 4.39 Å². The molecule has 0 radical (unpaired) electrons. The molecular weight excluding hydrogens is 233 g/mol. The van der Waals surface area contributed by atoms with E-state index in [1.54, 1.807) is 12.1 Å². The molecule has 1 heterocycles. The highest BCUT2D eigenvalue weighted by molar-refractivity contribution is 7.99. The Morgan fingerprint density at radius 2 is 2.35 bits per heavy atom. The summed E-state index contributed by atoms with van der Waals surface area (Å²) >= 11 is 1.83. The maximum Gasteiger partial charge on any atom is 0.123 e. The second-order valence-electron chi connectivity index (χ2n) is 4.79. The number of nitrogens with one attached hydrogen (secondary N) is 1. The van der Waals surface area contributed by atoms with E-state index in [0.717, 1.165) is 24.3 Å². The van der Waals surface area contributed by atoms with Gasteiger partial charge in [-0.2, -0.15) is 0 Å². The van der Waals surface area contributed by atoms with Crippen molar-refractivity contribution in [3.63, 3.8) is 0 Å². The average molecular weight is 253 g/mol. The van der Waals surface area contributed by atoms with Crippen LogP contribution in [0.25, 0.3) is 0 Å². The minimum atomic E-state index is -0.124. The number of hydrogen-bond acceptors (Lipinski definition) is 2. The van der Waals surface area contributed by atoms with Crippen LogP contribution in [-0.4, -0.2) is 12.3 Å². The van der Waals surface area contributed by atoms with Crippen molar-refractivity contribution in [3.05, 3.63) is 29.6 Å². The highest BCUT2D eigenvalue weighted by Crippen LogP contribution is 2.36. The fraction of sp³-hybridized carbons (Fsp3) is 0.571. The lowest BCUT2D eigenvalue weighted by Gasteiger charge is -2.27. The Bertz CT molecular complexity index is 380. The lowest BCUT2D eigenvalue weighted by molar-refractivity contribution is 0.432. The van der Waals surface area contributed by atoms with Gasteiger partial charge in [-0.05, 0) is 48.4 Å². The molecule has 1 nitrogen and oxygen atoms in total. The molecule has 0 amide bonds. The Labute approximate surface area is 107 Å².